The van der Waals surface area contributed by atoms with Gasteiger partial charge in [0.1, 0.15) is 11.2 Å². The molecule has 0 amide bonds. The molecular formula is C19H24O5. The normalized spacial score (nSPS) is 52.2. The first-order valence-electron chi connectivity index (χ1n) is 8.88. The van der Waals surface area contributed by atoms with Crippen molar-refractivity contribution in [2.45, 2.75) is 32.8 Å². The molecule has 9 atom stereocenters. The molecule has 2 bridgehead atoms. The molecule has 4 aliphatic rings. The molecule has 0 aromatic carbocycles. The summed E-state index contributed by atoms with van der Waals surface area (Å²) >= 11 is 0. The Morgan fingerprint density at radius 3 is 2.58 bits per heavy atom. The third kappa shape index (κ3) is 1.62. The molecule has 4 rings (SSSR count). The van der Waals surface area contributed by atoms with Crippen LogP contribution in [0.25, 0.3) is 0 Å². The van der Waals surface area contributed by atoms with Crippen molar-refractivity contribution in [3.8, 4) is 0 Å². The van der Waals surface area contributed by atoms with Gasteiger partial charge in [-0.2, -0.15) is 0 Å². The number of aliphatic hydroxyl groups excluding tert-OH is 1. The number of carbonyl (C=O) groups excluding carboxylic acids is 3. The molecular weight excluding hydrogens is 308 g/mol. The molecule has 3 saturated carbocycles. The van der Waals surface area contributed by atoms with E-state index in [0.29, 0.717) is 12.8 Å². The van der Waals surface area contributed by atoms with Gasteiger partial charge in [0.05, 0.1) is 13.2 Å². The number of carbonyl (C=O) groups is 3. The first-order chi connectivity index (χ1) is 11.4. The van der Waals surface area contributed by atoms with Crippen LogP contribution in [0.3, 0.4) is 0 Å². The van der Waals surface area contributed by atoms with Gasteiger partial charge in [0.2, 0.25) is 0 Å². The van der Waals surface area contributed by atoms with Gasteiger partial charge in [-0.25, -0.2) is 0 Å². The summed E-state index contributed by atoms with van der Waals surface area (Å²) in [5.41, 5.74) is -1.43. The fraction of sp³-hybridized carbons (Fsp3) is 0.737. The summed E-state index contributed by atoms with van der Waals surface area (Å²) in [6, 6.07) is 0. The zero-order valence-electron chi connectivity index (χ0n) is 14.3. The second-order valence-electron chi connectivity index (χ2n) is 8.15. The molecule has 0 aromatic heterocycles. The van der Waals surface area contributed by atoms with Crippen LogP contribution in [0.2, 0.25) is 0 Å². The van der Waals surface area contributed by atoms with Gasteiger partial charge >= 0.3 is 5.97 Å². The Bertz CT molecular complexity index is 652. The SMILES string of the molecule is COC(=O)C12C(=O)C3C(C(=O)C1[C@@H](C)C=C[C@H]2C)[C@@H]1CC(O)[C@H]3C1. The molecule has 5 unspecified atom stereocenters. The molecule has 0 aliphatic heterocycles. The smallest absolute Gasteiger partial charge is 0.320 e. The Morgan fingerprint density at radius 2 is 1.92 bits per heavy atom. The fourth-order valence-electron chi connectivity index (χ4n) is 6.32. The van der Waals surface area contributed by atoms with E-state index in [-0.39, 0.29) is 41.2 Å². The van der Waals surface area contributed by atoms with Crippen molar-refractivity contribution in [3.05, 3.63) is 12.2 Å². The summed E-state index contributed by atoms with van der Waals surface area (Å²) < 4.78 is 5.03. The minimum Gasteiger partial charge on any atom is -0.468 e. The van der Waals surface area contributed by atoms with Crippen molar-refractivity contribution in [2.75, 3.05) is 7.11 Å². The molecule has 0 spiro atoms. The number of methoxy groups -OCH3 is 1. The third-order valence-electron chi connectivity index (χ3n) is 7.28. The molecule has 24 heavy (non-hydrogen) atoms. The summed E-state index contributed by atoms with van der Waals surface area (Å²) in [6.45, 7) is 3.72. The molecule has 3 fully saturated rings. The largest absolute Gasteiger partial charge is 0.468 e. The molecule has 1 N–H and O–H groups in total. The van der Waals surface area contributed by atoms with Crippen LogP contribution in [0.5, 0.6) is 0 Å². The number of hydrogen-bond acceptors (Lipinski definition) is 5. The van der Waals surface area contributed by atoms with Crippen LogP contribution in [0, 0.1) is 46.8 Å². The number of ketones is 2. The van der Waals surface area contributed by atoms with E-state index in [2.05, 4.69) is 0 Å². The highest BCUT2D eigenvalue weighted by molar-refractivity contribution is 6.14. The average molecular weight is 332 g/mol. The summed E-state index contributed by atoms with van der Waals surface area (Å²) in [7, 11) is 1.28. The predicted molar refractivity (Wildman–Crippen MR) is 84.6 cm³/mol. The van der Waals surface area contributed by atoms with Crippen molar-refractivity contribution in [1.82, 2.24) is 0 Å². The van der Waals surface area contributed by atoms with Crippen molar-refractivity contribution < 1.29 is 24.2 Å². The van der Waals surface area contributed by atoms with Gasteiger partial charge in [0, 0.05) is 17.8 Å². The van der Waals surface area contributed by atoms with Crippen LogP contribution in [-0.4, -0.2) is 35.9 Å². The fourth-order valence-corrected chi connectivity index (χ4v) is 6.32. The zero-order valence-corrected chi connectivity index (χ0v) is 14.3. The summed E-state index contributed by atoms with van der Waals surface area (Å²) in [5.74, 6) is -2.87. The lowest BCUT2D eigenvalue weighted by atomic mass is 9.47. The predicted octanol–water partition coefficient (Wildman–Crippen LogP) is 1.39. The van der Waals surface area contributed by atoms with Crippen LogP contribution < -0.4 is 0 Å². The van der Waals surface area contributed by atoms with E-state index >= 15 is 0 Å². The number of aliphatic hydroxyl groups is 1. The van der Waals surface area contributed by atoms with E-state index in [1.807, 2.05) is 26.0 Å². The van der Waals surface area contributed by atoms with Gasteiger partial charge < -0.3 is 9.84 Å². The van der Waals surface area contributed by atoms with Crippen molar-refractivity contribution in [2.24, 2.45) is 46.8 Å². The molecule has 130 valence electrons. The lowest BCUT2D eigenvalue weighted by Gasteiger charge is -2.52. The number of rotatable bonds is 1. The van der Waals surface area contributed by atoms with E-state index in [0.717, 1.165) is 0 Å². The Hall–Kier alpha value is -1.49. The maximum Gasteiger partial charge on any atom is 0.320 e. The minimum absolute atomic E-state index is 0.0353. The van der Waals surface area contributed by atoms with Crippen molar-refractivity contribution in [1.29, 1.82) is 0 Å². The number of ether oxygens (including phenoxy) is 1. The number of Topliss-reactive ketones (excluding diaryl/α,β-unsaturated/α-hetero) is 2. The highest BCUT2D eigenvalue weighted by Crippen LogP contribution is 2.63. The van der Waals surface area contributed by atoms with E-state index in [4.69, 9.17) is 4.74 Å². The lowest BCUT2D eigenvalue weighted by molar-refractivity contribution is -0.182. The highest BCUT2D eigenvalue weighted by atomic mass is 16.5. The number of allylic oxidation sites excluding steroid dienone is 2. The van der Waals surface area contributed by atoms with E-state index in [9.17, 15) is 19.5 Å². The van der Waals surface area contributed by atoms with Crippen LogP contribution in [0.15, 0.2) is 12.2 Å². The van der Waals surface area contributed by atoms with E-state index < -0.39 is 29.3 Å². The third-order valence-corrected chi connectivity index (χ3v) is 7.28. The second-order valence-corrected chi connectivity index (χ2v) is 8.15. The van der Waals surface area contributed by atoms with Crippen LogP contribution >= 0.6 is 0 Å². The Balaban J connectivity index is 1.90. The van der Waals surface area contributed by atoms with E-state index in [1.165, 1.54) is 7.11 Å². The number of fused-ring (bicyclic) bond motifs is 6. The van der Waals surface area contributed by atoms with Gasteiger partial charge in [-0.1, -0.05) is 26.0 Å². The molecule has 0 saturated heterocycles. The summed E-state index contributed by atoms with van der Waals surface area (Å²) in [5, 5.41) is 10.3. The van der Waals surface area contributed by atoms with Crippen molar-refractivity contribution in [3.63, 3.8) is 0 Å². The Kier molecular flexibility index (Phi) is 3.34. The molecule has 0 radical (unpaired) electrons. The first kappa shape index (κ1) is 16.0. The number of hydrogen-bond donors (Lipinski definition) is 1. The molecule has 4 aliphatic carbocycles. The quantitative estimate of drug-likeness (QED) is 0.446. The minimum atomic E-state index is -1.43. The maximum atomic E-state index is 13.6. The first-order valence-corrected chi connectivity index (χ1v) is 8.88. The monoisotopic (exact) mass is 332 g/mol. The summed E-state index contributed by atoms with van der Waals surface area (Å²) in [4.78, 5) is 39.8. The Labute approximate surface area is 141 Å². The molecule has 0 aromatic rings. The number of esters is 1. The lowest BCUT2D eigenvalue weighted by Crippen LogP contribution is -2.65. The van der Waals surface area contributed by atoms with E-state index in [1.54, 1.807) is 0 Å². The second kappa shape index (κ2) is 5.01. The summed E-state index contributed by atoms with van der Waals surface area (Å²) in [6.07, 6.45) is 4.60. The van der Waals surface area contributed by atoms with Crippen LogP contribution in [0.4, 0.5) is 0 Å². The van der Waals surface area contributed by atoms with Gasteiger partial charge in [0.15, 0.2) is 5.78 Å². The Morgan fingerprint density at radius 1 is 1.21 bits per heavy atom. The molecule has 0 heterocycles. The molecule has 5 heteroatoms. The average Bonchev–Trinajstić information content (AvgIpc) is 3.11. The van der Waals surface area contributed by atoms with Gasteiger partial charge in [0.25, 0.3) is 0 Å². The maximum absolute atomic E-state index is 13.6. The van der Waals surface area contributed by atoms with Crippen LogP contribution in [0.1, 0.15) is 26.7 Å². The molecule has 5 nitrogen and oxygen atoms in total. The van der Waals surface area contributed by atoms with Crippen LogP contribution in [-0.2, 0) is 19.1 Å². The standard InChI is InChI=1S/C19H24O5/c1-8-4-5-9(2)19(18(23)24-3)15(8)16(21)13-10-6-11(12(20)7-10)14(13)17(19)22/h4-5,8-15,20H,6-7H2,1-3H3/t8-,9+,10-,11+,12?,13?,14?,15?,19?/m0/s1. The highest BCUT2D eigenvalue weighted by Gasteiger charge is 2.72. The van der Waals surface area contributed by atoms with Crippen molar-refractivity contribution >= 4 is 17.5 Å². The van der Waals surface area contributed by atoms with Gasteiger partial charge in [-0.3, -0.25) is 14.4 Å². The topological polar surface area (TPSA) is 80.7 Å². The zero-order chi connectivity index (χ0) is 17.4. The van der Waals surface area contributed by atoms with Gasteiger partial charge in [-0.05, 0) is 36.5 Å². The van der Waals surface area contributed by atoms with Gasteiger partial charge in [-0.15, -0.1) is 0 Å².